The lowest BCUT2D eigenvalue weighted by molar-refractivity contribution is 0.112. The van der Waals surface area contributed by atoms with Gasteiger partial charge in [0.2, 0.25) is 0 Å². The number of hydrogen-bond donors (Lipinski definition) is 0. The summed E-state index contributed by atoms with van der Waals surface area (Å²) in [5.74, 6) is 1.05. The van der Waals surface area contributed by atoms with Crippen molar-refractivity contribution in [3.63, 3.8) is 0 Å². The van der Waals surface area contributed by atoms with Crippen LogP contribution in [0.1, 0.15) is 31.1 Å². The van der Waals surface area contributed by atoms with Crippen LogP contribution in [0.4, 0.5) is 0 Å². The fraction of sp³-hybridized carbons (Fsp3) is 0.294. The van der Waals surface area contributed by atoms with Crippen LogP contribution in [0.2, 0.25) is 0 Å². The summed E-state index contributed by atoms with van der Waals surface area (Å²) in [6.45, 7) is 6.21. The third kappa shape index (κ3) is 3.62. The van der Waals surface area contributed by atoms with Crippen molar-refractivity contribution in [2.45, 2.75) is 25.9 Å². The van der Waals surface area contributed by atoms with Gasteiger partial charge >= 0.3 is 0 Å². The van der Waals surface area contributed by atoms with Gasteiger partial charge in [-0.25, -0.2) is 0 Å². The highest BCUT2D eigenvalue weighted by molar-refractivity contribution is 8.16. The Hall–Kier alpha value is -1.71. The van der Waals surface area contributed by atoms with E-state index in [-0.39, 0.29) is 5.16 Å². The quantitative estimate of drug-likeness (QED) is 0.607. The van der Waals surface area contributed by atoms with Crippen LogP contribution in [-0.2, 0) is 11.8 Å². The van der Waals surface area contributed by atoms with Crippen molar-refractivity contribution in [1.29, 1.82) is 0 Å². The number of carbonyl (C=O) groups excluding carboxylic acids is 1. The second-order valence-electron chi connectivity index (χ2n) is 6.05. The molecular formula is C17H20NO3PS. The standard InChI is InChI=1S/C17H20NO3PS/c1-17(2,3)22(23,14-7-9-18-10-8-14)21-15-6-5-13(12-19)11-16(15)20-4/h5-12H,1-4H3. The molecule has 0 aliphatic heterocycles. The van der Waals surface area contributed by atoms with E-state index in [1.807, 2.05) is 12.1 Å². The monoisotopic (exact) mass is 349 g/mol. The average molecular weight is 349 g/mol. The molecule has 1 unspecified atom stereocenters. The van der Waals surface area contributed by atoms with Gasteiger partial charge in [-0.3, -0.25) is 9.78 Å². The number of hydrogen-bond acceptors (Lipinski definition) is 5. The highest BCUT2D eigenvalue weighted by atomic mass is 32.4. The van der Waals surface area contributed by atoms with E-state index >= 15 is 0 Å². The molecule has 0 bridgehead atoms. The lowest BCUT2D eigenvalue weighted by atomic mass is 10.2. The fourth-order valence-electron chi connectivity index (χ4n) is 2.09. The van der Waals surface area contributed by atoms with E-state index in [0.29, 0.717) is 17.1 Å². The molecule has 0 radical (unpaired) electrons. The Morgan fingerprint density at radius 1 is 1.13 bits per heavy atom. The van der Waals surface area contributed by atoms with E-state index in [9.17, 15) is 4.79 Å². The van der Waals surface area contributed by atoms with E-state index in [1.165, 1.54) is 0 Å². The van der Waals surface area contributed by atoms with Crippen molar-refractivity contribution >= 4 is 29.7 Å². The van der Waals surface area contributed by atoms with Gasteiger partial charge in [-0.05, 0) is 42.1 Å². The molecule has 0 spiro atoms. The second kappa shape index (κ2) is 6.81. The van der Waals surface area contributed by atoms with Crippen LogP contribution in [0.5, 0.6) is 11.5 Å². The first-order chi connectivity index (χ1) is 10.8. The van der Waals surface area contributed by atoms with E-state index in [0.717, 1.165) is 11.6 Å². The van der Waals surface area contributed by atoms with Crippen LogP contribution >= 0.6 is 6.26 Å². The molecule has 0 aliphatic carbocycles. The van der Waals surface area contributed by atoms with E-state index < -0.39 is 6.26 Å². The first-order valence-corrected chi connectivity index (χ1v) is 9.87. The van der Waals surface area contributed by atoms with Crippen molar-refractivity contribution in [3.05, 3.63) is 48.3 Å². The SMILES string of the molecule is COc1cc(C=O)ccc1OP(=S)(c1ccncc1)C(C)(C)C. The Morgan fingerprint density at radius 2 is 1.78 bits per heavy atom. The molecule has 0 saturated heterocycles. The minimum Gasteiger partial charge on any atom is -0.493 e. The predicted molar refractivity (Wildman–Crippen MR) is 96.9 cm³/mol. The number of ether oxygens (including phenoxy) is 1. The molecule has 0 fully saturated rings. The predicted octanol–water partition coefficient (Wildman–Crippen LogP) is 3.80. The summed E-state index contributed by atoms with van der Waals surface area (Å²) in [5, 5.41) is 0.703. The molecule has 2 aromatic rings. The Bertz CT molecular complexity index is 741. The third-order valence-corrected chi connectivity index (χ3v) is 9.13. The van der Waals surface area contributed by atoms with Crippen molar-refractivity contribution in [2.75, 3.05) is 7.11 Å². The number of pyridine rings is 1. The van der Waals surface area contributed by atoms with Gasteiger partial charge < -0.3 is 9.26 Å². The molecule has 1 aromatic heterocycles. The zero-order valence-electron chi connectivity index (χ0n) is 13.6. The molecule has 23 heavy (non-hydrogen) atoms. The molecule has 0 amide bonds. The van der Waals surface area contributed by atoms with E-state index in [4.69, 9.17) is 21.1 Å². The number of aromatic nitrogens is 1. The normalized spacial score (nSPS) is 13.9. The van der Waals surface area contributed by atoms with Crippen molar-refractivity contribution in [3.8, 4) is 11.5 Å². The average Bonchev–Trinajstić information content (AvgIpc) is 2.54. The van der Waals surface area contributed by atoms with Crippen LogP contribution in [0.25, 0.3) is 0 Å². The maximum absolute atomic E-state index is 10.9. The number of carbonyl (C=O) groups is 1. The van der Waals surface area contributed by atoms with Gasteiger partial charge in [0, 0.05) is 28.4 Å². The first kappa shape index (κ1) is 17.6. The number of rotatable bonds is 5. The summed E-state index contributed by atoms with van der Waals surface area (Å²) >= 11 is 5.99. The minimum absolute atomic E-state index is 0.252. The lowest BCUT2D eigenvalue weighted by Gasteiger charge is -2.35. The Kier molecular flexibility index (Phi) is 5.23. The summed E-state index contributed by atoms with van der Waals surface area (Å²) in [5.41, 5.74) is 0.530. The maximum Gasteiger partial charge on any atom is 0.166 e. The van der Waals surface area contributed by atoms with Crippen LogP contribution < -0.4 is 14.6 Å². The second-order valence-corrected chi connectivity index (χ2v) is 10.7. The van der Waals surface area contributed by atoms with E-state index in [1.54, 1.807) is 37.7 Å². The number of methoxy groups -OCH3 is 1. The zero-order chi connectivity index (χ0) is 17.1. The molecule has 0 N–H and O–H groups in total. The van der Waals surface area contributed by atoms with Gasteiger partial charge in [-0.2, -0.15) is 0 Å². The Morgan fingerprint density at radius 3 is 2.30 bits per heavy atom. The van der Waals surface area contributed by atoms with Crippen molar-refractivity contribution in [2.24, 2.45) is 0 Å². The number of benzene rings is 1. The largest absolute Gasteiger partial charge is 0.493 e. The van der Waals surface area contributed by atoms with Crippen LogP contribution in [0.15, 0.2) is 42.7 Å². The van der Waals surface area contributed by atoms with Gasteiger partial charge in [0.05, 0.1) is 7.11 Å². The van der Waals surface area contributed by atoms with E-state index in [2.05, 4.69) is 25.8 Å². The lowest BCUT2D eigenvalue weighted by Crippen LogP contribution is -2.26. The zero-order valence-corrected chi connectivity index (χ0v) is 15.4. The first-order valence-electron chi connectivity index (χ1n) is 7.15. The molecule has 122 valence electrons. The summed E-state index contributed by atoms with van der Waals surface area (Å²) in [6.07, 6.45) is 1.80. The molecule has 4 nitrogen and oxygen atoms in total. The van der Waals surface area contributed by atoms with Gasteiger partial charge in [0.15, 0.2) is 11.5 Å². The van der Waals surface area contributed by atoms with Gasteiger partial charge in [0.1, 0.15) is 12.6 Å². The summed E-state index contributed by atoms with van der Waals surface area (Å²) < 4.78 is 11.7. The summed E-state index contributed by atoms with van der Waals surface area (Å²) in [4.78, 5) is 15.0. The summed E-state index contributed by atoms with van der Waals surface area (Å²) in [7, 11) is 1.55. The Labute approximate surface area is 141 Å². The molecule has 1 atom stereocenters. The van der Waals surface area contributed by atoms with Gasteiger partial charge in [0.25, 0.3) is 0 Å². The number of nitrogens with zero attached hydrogens (tertiary/aromatic N) is 1. The molecule has 0 aliphatic rings. The topological polar surface area (TPSA) is 48.4 Å². The van der Waals surface area contributed by atoms with Crippen LogP contribution in [-0.4, -0.2) is 23.5 Å². The highest BCUT2D eigenvalue weighted by Crippen LogP contribution is 2.58. The molecule has 1 aromatic carbocycles. The smallest absolute Gasteiger partial charge is 0.166 e. The van der Waals surface area contributed by atoms with Gasteiger partial charge in [-0.15, -0.1) is 0 Å². The van der Waals surface area contributed by atoms with Crippen molar-refractivity contribution in [1.82, 2.24) is 4.98 Å². The summed E-state index contributed by atoms with van der Waals surface area (Å²) in [6, 6.07) is 8.88. The fourth-order valence-corrected chi connectivity index (χ4v) is 4.80. The third-order valence-electron chi connectivity index (χ3n) is 3.44. The van der Waals surface area contributed by atoms with Crippen LogP contribution in [0, 0.1) is 0 Å². The van der Waals surface area contributed by atoms with Gasteiger partial charge in [-0.1, -0.05) is 20.8 Å². The molecular weight excluding hydrogens is 329 g/mol. The molecule has 6 heteroatoms. The minimum atomic E-state index is -2.42. The van der Waals surface area contributed by atoms with Crippen LogP contribution in [0.3, 0.4) is 0 Å². The maximum atomic E-state index is 10.9. The Balaban J connectivity index is 2.53. The molecule has 1 heterocycles. The molecule has 2 rings (SSSR count). The number of aldehydes is 1. The molecule has 0 saturated carbocycles. The van der Waals surface area contributed by atoms with Crippen molar-refractivity contribution < 1.29 is 14.1 Å². The highest BCUT2D eigenvalue weighted by Gasteiger charge is 2.37.